The van der Waals surface area contributed by atoms with E-state index in [9.17, 15) is 9.59 Å². The van der Waals surface area contributed by atoms with Crippen LogP contribution in [0.1, 0.15) is 48.4 Å². The van der Waals surface area contributed by atoms with Gasteiger partial charge in [0.05, 0.1) is 24.8 Å². The number of piperidine rings is 1. The van der Waals surface area contributed by atoms with Gasteiger partial charge in [0.2, 0.25) is 0 Å². The molecule has 2 heterocycles. The highest BCUT2D eigenvalue weighted by atomic mass is 16.5. The van der Waals surface area contributed by atoms with Crippen molar-refractivity contribution < 1.29 is 14.3 Å². The Morgan fingerprint density at radius 3 is 2.92 bits per heavy atom. The van der Waals surface area contributed by atoms with Crippen molar-refractivity contribution in [2.24, 2.45) is 0 Å². The van der Waals surface area contributed by atoms with E-state index in [1.54, 1.807) is 4.90 Å². The van der Waals surface area contributed by atoms with Crippen LogP contribution in [0.3, 0.4) is 0 Å². The number of aryl methyl sites for hydroxylation is 2. The van der Waals surface area contributed by atoms with Crippen molar-refractivity contribution in [1.29, 1.82) is 0 Å². The van der Waals surface area contributed by atoms with Crippen LogP contribution in [0.4, 0.5) is 0 Å². The van der Waals surface area contributed by atoms with Gasteiger partial charge < -0.3 is 15.0 Å². The first-order valence-electron chi connectivity index (χ1n) is 9.09. The molecule has 1 aromatic carbocycles. The molecule has 25 heavy (non-hydrogen) atoms. The number of benzene rings is 1. The molecule has 0 bridgehead atoms. The largest absolute Gasteiger partial charge is 0.491 e. The van der Waals surface area contributed by atoms with Gasteiger partial charge >= 0.3 is 0 Å². The molecule has 1 saturated heterocycles. The van der Waals surface area contributed by atoms with E-state index in [0.29, 0.717) is 12.1 Å². The van der Waals surface area contributed by atoms with E-state index in [1.807, 2.05) is 0 Å². The molecule has 2 amide bonds. The number of rotatable bonds is 3. The monoisotopic (exact) mass is 340 g/mol. The predicted octanol–water partition coefficient (Wildman–Crippen LogP) is 2.39. The second-order valence-electron chi connectivity index (χ2n) is 7.22. The standard InChI is InChI=1S/C20H24N2O3/c1-12-6-7-13-8-9-15(14(13)11-12)21-19(23)17-16-5-3-4-10-22(16)20(24)18(17)25-2/h6-7,11,15-16H,3-5,8-10H2,1-2H3,(H,21,23)/t15-,16?/m1/s1. The molecule has 5 nitrogen and oxygen atoms in total. The van der Waals surface area contributed by atoms with Crippen molar-refractivity contribution in [2.75, 3.05) is 13.7 Å². The fraction of sp³-hybridized carbons (Fsp3) is 0.500. The second-order valence-corrected chi connectivity index (χ2v) is 7.22. The Balaban J connectivity index is 1.60. The van der Waals surface area contributed by atoms with E-state index < -0.39 is 0 Å². The zero-order valence-electron chi connectivity index (χ0n) is 14.8. The Labute approximate surface area is 148 Å². The van der Waals surface area contributed by atoms with E-state index in [1.165, 1.54) is 23.8 Å². The van der Waals surface area contributed by atoms with E-state index in [4.69, 9.17) is 4.74 Å². The van der Waals surface area contributed by atoms with Gasteiger partial charge in [-0.25, -0.2) is 0 Å². The molecule has 1 aliphatic carbocycles. The summed E-state index contributed by atoms with van der Waals surface area (Å²) in [5.74, 6) is -0.0640. The van der Waals surface area contributed by atoms with E-state index in [0.717, 1.165) is 32.1 Å². The molecular weight excluding hydrogens is 316 g/mol. The molecule has 1 fully saturated rings. The third kappa shape index (κ3) is 2.62. The first-order chi connectivity index (χ1) is 12.1. The molecule has 3 aliphatic rings. The summed E-state index contributed by atoms with van der Waals surface area (Å²) >= 11 is 0. The lowest BCUT2D eigenvalue weighted by atomic mass is 9.97. The van der Waals surface area contributed by atoms with Crippen molar-refractivity contribution in [3.05, 3.63) is 46.2 Å². The predicted molar refractivity (Wildman–Crippen MR) is 93.8 cm³/mol. The maximum Gasteiger partial charge on any atom is 0.290 e. The minimum absolute atomic E-state index is 0.0146. The molecule has 1 unspecified atom stereocenters. The summed E-state index contributed by atoms with van der Waals surface area (Å²) in [4.78, 5) is 27.4. The minimum atomic E-state index is -0.154. The lowest BCUT2D eigenvalue weighted by Crippen LogP contribution is -2.42. The highest BCUT2D eigenvalue weighted by Crippen LogP contribution is 2.36. The van der Waals surface area contributed by atoms with Gasteiger partial charge in [-0.2, -0.15) is 0 Å². The van der Waals surface area contributed by atoms with Gasteiger partial charge in [0.25, 0.3) is 11.8 Å². The van der Waals surface area contributed by atoms with Crippen LogP contribution < -0.4 is 5.32 Å². The minimum Gasteiger partial charge on any atom is -0.491 e. The van der Waals surface area contributed by atoms with Crippen LogP contribution in [0, 0.1) is 6.92 Å². The van der Waals surface area contributed by atoms with Crippen molar-refractivity contribution in [2.45, 2.75) is 51.1 Å². The summed E-state index contributed by atoms with van der Waals surface area (Å²) in [6.45, 7) is 2.77. The number of hydrogen-bond donors (Lipinski definition) is 1. The third-order valence-corrected chi connectivity index (χ3v) is 5.67. The van der Waals surface area contributed by atoms with Crippen molar-refractivity contribution in [1.82, 2.24) is 10.2 Å². The Bertz CT molecular complexity index is 768. The lowest BCUT2D eigenvalue weighted by molar-refractivity contribution is -0.130. The summed E-state index contributed by atoms with van der Waals surface area (Å²) in [5, 5.41) is 3.17. The summed E-state index contributed by atoms with van der Waals surface area (Å²) in [5.41, 5.74) is 4.23. The van der Waals surface area contributed by atoms with E-state index in [-0.39, 0.29) is 29.7 Å². The van der Waals surface area contributed by atoms with Crippen molar-refractivity contribution in [3.8, 4) is 0 Å². The molecule has 0 saturated carbocycles. The van der Waals surface area contributed by atoms with Gasteiger partial charge in [-0.3, -0.25) is 9.59 Å². The van der Waals surface area contributed by atoms with Crippen molar-refractivity contribution >= 4 is 11.8 Å². The highest BCUT2D eigenvalue weighted by Gasteiger charge is 2.44. The van der Waals surface area contributed by atoms with Gasteiger partial charge in [0, 0.05) is 6.54 Å². The smallest absolute Gasteiger partial charge is 0.290 e. The molecule has 132 valence electrons. The van der Waals surface area contributed by atoms with Gasteiger partial charge in [0.1, 0.15) is 0 Å². The molecule has 5 heteroatoms. The van der Waals surface area contributed by atoms with Crippen LogP contribution in [0.5, 0.6) is 0 Å². The molecule has 0 aromatic heterocycles. The number of nitrogens with zero attached hydrogens (tertiary/aromatic N) is 1. The summed E-state index contributed by atoms with van der Waals surface area (Å²) in [7, 11) is 1.48. The average Bonchev–Trinajstić information content (AvgIpc) is 3.13. The van der Waals surface area contributed by atoms with Gasteiger partial charge in [0.15, 0.2) is 5.76 Å². The number of carbonyl (C=O) groups excluding carboxylic acids is 2. The summed E-state index contributed by atoms with van der Waals surface area (Å²) < 4.78 is 5.33. The van der Waals surface area contributed by atoms with Crippen LogP contribution in [0.15, 0.2) is 29.5 Å². The molecule has 0 radical (unpaired) electrons. The number of amides is 2. The van der Waals surface area contributed by atoms with Crippen LogP contribution in [-0.2, 0) is 20.7 Å². The number of carbonyl (C=O) groups is 2. The van der Waals surface area contributed by atoms with Crippen LogP contribution in [-0.4, -0.2) is 36.4 Å². The van der Waals surface area contributed by atoms with Crippen LogP contribution in [0.25, 0.3) is 0 Å². The molecule has 2 atom stereocenters. The molecule has 1 N–H and O–H groups in total. The zero-order valence-corrected chi connectivity index (χ0v) is 14.8. The van der Waals surface area contributed by atoms with Gasteiger partial charge in [-0.1, -0.05) is 23.8 Å². The Kier molecular flexibility index (Phi) is 4.02. The van der Waals surface area contributed by atoms with Crippen LogP contribution in [0.2, 0.25) is 0 Å². The maximum absolute atomic E-state index is 13.0. The fourth-order valence-electron chi connectivity index (χ4n) is 4.43. The molecular formula is C20H24N2O3. The van der Waals surface area contributed by atoms with E-state index in [2.05, 4.69) is 30.4 Å². The SMILES string of the molecule is COC1=C(C(=O)N[C@@H]2CCc3ccc(C)cc32)C2CCCCN2C1=O. The molecule has 2 aliphatic heterocycles. The fourth-order valence-corrected chi connectivity index (χ4v) is 4.43. The van der Waals surface area contributed by atoms with Gasteiger partial charge in [-0.15, -0.1) is 0 Å². The number of nitrogens with one attached hydrogen (secondary N) is 1. The summed E-state index contributed by atoms with van der Waals surface area (Å²) in [6, 6.07) is 6.31. The number of fused-ring (bicyclic) bond motifs is 2. The average molecular weight is 340 g/mol. The normalized spacial score (nSPS) is 25.0. The Morgan fingerprint density at radius 1 is 1.28 bits per heavy atom. The molecule has 1 aromatic rings. The topological polar surface area (TPSA) is 58.6 Å². The number of ether oxygens (including phenoxy) is 1. The Hall–Kier alpha value is -2.30. The molecule has 4 rings (SSSR count). The highest BCUT2D eigenvalue weighted by molar-refractivity contribution is 6.08. The first-order valence-corrected chi connectivity index (χ1v) is 9.09. The summed E-state index contributed by atoms with van der Waals surface area (Å²) in [6.07, 6.45) is 4.74. The maximum atomic E-state index is 13.0. The first kappa shape index (κ1) is 16.2. The van der Waals surface area contributed by atoms with Gasteiger partial charge in [-0.05, 0) is 50.2 Å². The zero-order chi connectivity index (χ0) is 17.6. The second kappa shape index (κ2) is 6.21. The van der Waals surface area contributed by atoms with Crippen LogP contribution >= 0.6 is 0 Å². The number of hydrogen-bond acceptors (Lipinski definition) is 3. The van der Waals surface area contributed by atoms with Crippen molar-refractivity contribution in [3.63, 3.8) is 0 Å². The Morgan fingerprint density at radius 2 is 2.12 bits per heavy atom. The molecule has 0 spiro atoms. The quantitative estimate of drug-likeness (QED) is 0.919. The van der Waals surface area contributed by atoms with E-state index >= 15 is 0 Å². The third-order valence-electron chi connectivity index (χ3n) is 5.67. The lowest BCUT2D eigenvalue weighted by Gasteiger charge is -2.30. The number of methoxy groups -OCH3 is 1.